The second-order valence-electron chi connectivity index (χ2n) is 3.67. The van der Waals surface area contributed by atoms with Crippen LogP contribution < -0.4 is 0 Å². The fraction of sp³-hybridized carbons (Fsp3) is 0.154. The number of carboxylic acids is 1. The van der Waals surface area contributed by atoms with Crippen molar-refractivity contribution in [2.75, 3.05) is 6.61 Å². The van der Waals surface area contributed by atoms with Crippen molar-refractivity contribution in [3.05, 3.63) is 47.5 Å². The smallest absolute Gasteiger partial charge is 0.387 e. The Morgan fingerprint density at radius 3 is 2.25 bits per heavy atom. The topological polar surface area (TPSA) is 110 Å². The molecule has 1 rings (SSSR count). The summed E-state index contributed by atoms with van der Waals surface area (Å²) in [5, 5.41) is 17.5. The Bertz CT molecular complexity index is 547. The van der Waals surface area contributed by atoms with Gasteiger partial charge in [-0.1, -0.05) is 18.7 Å². The molecule has 7 nitrogen and oxygen atoms in total. The molecule has 0 saturated carbocycles. The Morgan fingerprint density at radius 2 is 1.70 bits per heavy atom. The van der Waals surface area contributed by atoms with E-state index in [-0.39, 0.29) is 29.7 Å². The van der Waals surface area contributed by atoms with E-state index in [2.05, 4.69) is 16.4 Å². The van der Waals surface area contributed by atoms with Crippen LogP contribution in [0.15, 0.2) is 36.4 Å². The van der Waals surface area contributed by atoms with Gasteiger partial charge in [-0.05, 0) is 12.1 Å². The largest absolute Gasteiger partial charge is 0.478 e. The number of aliphatic hydroxyl groups is 1. The average molecular weight is 280 g/mol. The minimum atomic E-state index is -1.31. The zero-order valence-electron chi connectivity index (χ0n) is 10.4. The van der Waals surface area contributed by atoms with Crippen molar-refractivity contribution in [3.8, 4) is 0 Å². The minimum absolute atomic E-state index is 0.0257. The molecule has 20 heavy (non-hydrogen) atoms. The first-order valence-corrected chi connectivity index (χ1v) is 5.51. The third-order valence-electron chi connectivity index (χ3n) is 2.27. The number of aromatic carboxylic acids is 1. The second-order valence-corrected chi connectivity index (χ2v) is 3.67. The normalized spacial score (nSPS) is 9.65. The van der Waals surface area contributed by atoms with Gasteiger partial charge in [0.15, 0.2) is 0 Å². The lowest BCUT2D eigenvalue weighted by Gasteiger charge is -2.06. The maximum atomic E-state index is 11.6. The molecule has 0 aliphatic rings. The SMILES string of the molecule is C=C(CCO)C(=O)OOC(=O)c1ccccc1C(=O)O. The molecule has 0 radical (unpaired) electrons. The zero-order chi connectivity index (χ0) is 15.1. The molecule has 7 heteroatoms. The van der Waals surface area contributed by atoms with Gasteiger partial charge < -0.3 is 10.2 Å². The number of carbonyl (C=O) groups excluding carboxylic acids is 2. The van der Waals surface area contributed by atoms with Crippen LogP contribution in [0.3, 0.4) is 0 Å². The number of hydrogen-bond acceptors (Lipinski definition) is 6. The van der Waals surface area contributed by atoms with E-state index in [1.165, 1.54) is 24.3 Å². The van der Waals surface area contributed by atoms with Crippen LogP contribution in [-0.4, -0.2) is 34.7 Å². The minimum Gasteiger partial charge on any atom is -0.478 e. The van der Waals surface area contributed by atoms with Crippen LogP contribution in [0.1, 0.15) is 27.1 Å². The van der Waals surface area contributed by atoms with Crippen molar-refractivity contribution in [2.24, 2.45) is 0 Å². The van der Waals surface area contributed by atoms with Gasteiger partial charge in [0.2, 0.25) is 0 Å². The van der Waals surface area contributed by atoms with Gasteiger partial charge in [-0.15, -0.1) is 0 Å². The Kier molecular flexibility index (Phi) is 5.42. The average Bonchev–Trinajstić information content (AvgIpc) is 2.44. The van der Waals surface area contributed by atoms with E-state index >= 15 is 0 Å². The molecule has 106 valence electrons. The first kappa shape index (κ1) is 15.4. The van der Waals surface area contributed by atoms with Gasteiger partial charge in [-0.3, -0.25) is 0 Å². The van der Waals surface area contributed by atoms with Crippen molar-refractivity contribution in [1.82, 2.24) is 0 Å². The van der Waals surface area contributed by atoms with Gasteiger partial charge in [-0.2, -0.15) is 0 Å². The zero-order valence-corrected chi connectivity index (χ0v) is 10.4. The molecular weight excluding hydrogens is 268 g/mol. The fourth-order valence-corrected chi connectivity index (χ4v) is 1.26. The summed E-state index contributed by atoms with van der Waals surface area (Å²) in [5.74, 6) is -3.44. The highest BCUT2D eigenvalue weighted by Crippen LogP contribution is 2.11. The van der Waals surface area contributed by atoms with E-state index in [1.54, 1.807) is 0 Å². The van der Waals surface area contributed by atoms with Gasteiger partial charge in [-0.25, -0.2) is 24.2 Å². The van der Waals surface area contributed by atoms with E-state index in [4.69, 9.17) is 10.2 Å². The summed E-state index contributed by atoms with van der Waals surface area (Å²) in [6.07, 6.45) is -0.0257. The predicted molar refractivity (Wildman–Crippen MR) is 65.8 cm³/mol. The van der Waals surface area contributed by atoms with Crippen molar-refractivity contribution < 1.29 is 34.4 Å². The molecule has 1 aromatic carbocycles. The lowest BCUT2D eigenvalue weighted by molar-refractivity contribution is -0.229. The molecule has 0 unspecified atom stereocenters. The highest BCUT2D eigenvalue weighted by Gasteiger charge is 2.20. The number of carboxylic acid groups (broad SMARTS) is 1. The summed E-state index contributed by atoms with van der Waals surface area (Å²) < 4.78 is 0. The summed E-state index contributed by atoms with van der Waals surface area (Å²) in [4.78, 5) is 42.2. The van der Waals surface area contributed by atoms with Gasteiger partial charge in [0, 0.05) is 18.6 Å². The molecule has 0 saturated heterocycles. The van der Waals surface area contributed by atoms with Crippen LogP contribution in [0.2, 0.25) is 0 Å². The monoisotopic (exact) mass is 280 g/mol. The van der Waals surface area contributed by atoms with Gasteiger partial charge in [0.25, 0.3) is 0 Å². The molecule has 0 aliphatic carbocycles. The lowest BCUT2D eigenvalue weighted by atomic mass is 10.1. The molecular formula is C13H12O7. The second kappa shape index (κ2) is 7.05. The fourth-order valence-electron chi connectivity index (χ4n) is 1.26. The summed E-state index contributed by atoms with van der Waals surface area (Å²) >= 11 is 0. The van der Waals surface area contributed by atoms with Crippen LogP contribution in [0, 0.1) is 0 Å². The summed E-state index contributed by atoms with van der Waals surface area (Å²) in [7, 11) is 0. The third kappa shape index (κ3) is 3.92. The van der Waals surface area contributed by atoms with Crippen molar-refractivity contribution in [3.63, 3.8) is 0 Å². The molecule has 0 bridgehead atoms. The van der Waals surface area contributed by atoms with Crippen LogP contribution in [0.25, 0.3) is 0 Å². The number of benzene rings is 1. The predicted octanol–water partition coefficient (Wildman–Crippen LogP) is 0.938. The van der Waals surface area contributed by atoms with Gasteiger partial charge in [0.1, 0.15) is 0 Å². The first-order valence-electron chi connectivity index (χ1n) is 5.51. The lowest BCUT2D eigenvalue weighted by Crippen LogP contribution is -2.16. The molecule has 0 aromatic heterocycles. The Labute approximate surface area is 114 Å². The van der Waals surface area contributed by atoms with E-state index < -0.39 is 17.9 Å². The number of carbonyl (C=O) groups is 3. The van der Waals surface area contributed by atoms with Crippen molar-refractivity contribution >= 4 is 17.9 Å². The summed E-state index contributed by atoms with van der Waals surface area (Å²) in [6.45, 7) is 3.02. The molecule has 0 aliphatic heterocycles. The van der Waals surface area contributed by atoms with E-state index in [1.807, 2.05) is 0 Å². The van der Waals surface area contributed by atoms with E-state index in [9.17, 15) is 14.4 Å². The molecule has 0 spiro atoms. The van der Waals surface area contributed by atoms with Crippen LogP contribution >= 0.6 is 0 Å². The Hall–Kier alpha value is -2.67. The van der Waals surface area contributed by atoms with Crippen LogP contribution in [0.5, 0.6) is 0 Å². The molecule has 0 heterocycles. The highest BCUT2D eigenvalue weighted by atomic mass is 17.2. The van der Waals surface area contributed by atoms with Gasteiger partial charge in [0.05, 0.1) is 11.1 Å². The third-order valence-corrected chi connectivity index (χ3v) is 2.27. The summed E-state index contributed by atoms with van der Waals surface area (Å²) in [5.41, 5.74) is -0.602. The number of hydrogen-bond donors (Lipinski definition) is 2. The Morgan fingerprint density at radius 1 is 1.10 bits per heavy atom. The molecule has 0 atom stereocenters. The van der Waals surface area contributed by atoms with E-state index in [0.717, 1.165) is 0 Å². The molecule has 0 amide bonds. The maximum absolute atomic E-state index is 11.6. The quantitative estimate of drug-likeness (QED) is 0.469. The van der Waals surface area contributed by atoms with Crippen LogP contribution in [0.4, 0.5) is 0 Å². The standard InChI is InChI=1S/C13H12O7/c1-8(6-7-14)12(17)19-20-13(18)10-5-3-2-4-9(10)11(15)16/h2-5,14H,1,6-7H2,(H,15,16). The molecule has 2 N–H and O–H groups in total. The molecule has 1 aromatic rings. The van der Waals surface area contributed by atoms with Crippen molar-refractivity contribution in [2.45, 2.75) is 6.42 Å². The van der Waals surface area contributed by atoms with Crippen LogP contribution in [-0.2, 0) is 14.6 Å². The first-order chi connectivity index (χ1) is 9.47. The highest BCUT2D eigenvalue weighted by molar-refractivity contribution is 6.02. The maximum Gasteiger partial charge on any atom is 0.387 e. The summed E-state index contributed by atoms with van der Waals surface area (Å²) in [6, 6.07) is 5.32. The number of rotatable bonds is 5. The van der Waals surface area contributed by atoms with E-state index in [0.29, 0.717) is 0 Å². The number of aliphatic hydroxyl groups excluding tert-OH is 1. The van der Waals surface area contributed by atoms with Crippen molar-refractivity contribution in [1.29, 1.82) is 0 Å². The van der Waals surface area contributed by atoms with Gasteiger partial charge >= 0.3 is 17.9 Å². The Balaban J connectivity index is 2.71. The molecule has 0 fully saturated rings.